The lowest BCUT2D eigenvalue weighted by Gasteiger charge is -2.11. The summed E-state index contributed by atoms with van der Waals surface area (Å²) in [5, 5.41) is 5.93. The molecule has 4 aromatic rings. The van der Waals surface area contributed by atoms with Gasteiger partial charge in [0.05, 0.1) is 5.25 Å². The largest absolute Gasteiger partial charge is 0.451 e. The van der Waals surface area contributed by atoms with Gasteiger partial charge < -0.3 is 9.73 Å². The smallest absolute Gasteiger partial charge is 0.321 e. The molecule has 0 aliphatic heterocycles. The molecule has 3 amide bonds. The summed E-state index contributed by atoms with van der Waals surface area (Å²) in [5.74, 6) is -0.413. The number of nitrogens with one attached hydrogen (secondary N) is 2. The van der Waals surface area contributed by atoms with Gasteiger partial charge in [0.1, 0.15) is 22.5 Å². The van der Waals surface area contributed by atoms with Crippen molar-refractivity contribution >= 4 is 45.8 Å². The molecule has 4 rings (SSSR count). The standard InChI is InChI=1S/C21H18N4O3S/c1-13(19(26)25-21(27)22-11-14-7-3-2-4-8-14)29-20-18-17(23-12-24-20)15-9-5-6-10-16(15)28-18/h2-10,12-13H,11H2,1H3,(H2,22,25,26,27)/t13-/m0/s1. The average molecular weight is 406 g/mol. The monoisotopic (exact) mass is 406 g/mol. The molecule has 0 fully saturated rings. The first-order valence-electron chi connectivity index (χ1n) is 9.03. The lowest BCUT2D eigenvalue weighted by molar-refractivity contribution is -0.119. The quantitative estimate of drug-likeness (QED) is 0.386. The van der Waals surface area contributed by atoms with Crippen LogP contribution >= 0.6 is 11.8 Å². The third-order valence-corrected chi connectivity index (χ3v) is 5.40. The number of hydrogen-bond acceptors (Lipinski definition) is 6. The number of urea groups is 1. The molecule has 0 radical (unpaired) electrons. The number of carbonyl (C=O) groups excluding carboxylic acids is 2. The number of rotatable bonds is 5. The number of carbonyl (C=O) groups is 2. The number of para-hydroxylation sites is 1. The second-order valence-electron chi connectivity index (χ2n) is 6.37. The van der Waals surface area contributed by atoms with Gasteiger partial charge in [-0.05, 0) is 24.6 Å². The van der Waals surface area contributed by atoms with Crippen molar-refractivity contribution in [3.8, 4) is 0 Å². The van der Waals surface area contributed by atoms with Crippen LogP contribution in [0.25, 0.3) is 22.1 Å². The first kappa shape index (κ1) is 18.9. The van der Waals surface area contributed by atoms with E-state index in [2.05, 4.69) is 20.6 Å². The number of thioether (sulfide) groups is 1. The highest BCUT2D eigenvalue weighted by molar-refractivity contribution is 8.00. The van der Waals surface area contributed by atoms with Gasteiger partial charge in [-0.25, -0.2) is 14.8 Å². The molecular weight excluding hydrogens is 388 g/mol. The van der Waals surface area contributed by atoms with Crippen molar-refractivity contribution < 1.29 is 14.0 Å². The lowest BCUT2D eigenvalue weighted by atomic mass is 10.2. The van der Waals surface area contributed by atoms with E-state index in [1.165, 1.54) is 18.1 Å². The van der Waals surface area contributed by atoms with E-state index in [1.807, 2.05) is 54.6 Å². The molecule has 146 valence electrons. The topological polar surface area (TPSA) is 97.1 Å². The SMILES string of the molecule is C[C@H](Sc1ncnc2c1oc1ccccc12)C(=O)NC(=O)NCc1ccccc1. The predicted octanol–water partition coefficient (Wildman–Crippen LogP) is 3.88. The Balaban J connectivity index is 1.41. The van der Waals surface area contributed by atoms with Crippen LogP contribution < -0.4 is 10.6 Å². The average Bonchev–Trinajstić information content (AvgIpc) is 3.13. The minimum atomic E-state index is -0.552. The third-order valence-electron chi connectivity index (χ3n) is 4.32. The molecule has 0 spiro atoms. The van der Waals surface area contributed by atoms with Gasteiger partial charge in [0.15, 0.2) is 5.58 Å². The molecule has 0 aliphatic rings. The first-order chi connectivity index (χ1) is 14.1. The molecule has 2 N–H and O–H groups in total. The maximum atomic E-state index is 12.4. The van der Waals surface area contributed by atoms with Gasteiger partial charge in [-0.3, -0.25) is 10.1 Å². The molecule has 0 aliphatic carbocycles. The molecule has 2 heterocycles. The number of hydrogen-bond donors (Lipinski definition) is 2. The van der Waals surface area contributed by atoms with E-state index in [0.29, 0.717) is 28.3 Å². The van der Waals surface area contributed by atoms with E-state index < -0.39 is 17.2 Å². The van der Waals surface area contributed by atoms with Gasteiger partial charge in [-0.1, -0.05) is 54.2 Å². The minimum Gasteiger partial charge on any atom is -0.451 e. The van der Waals surface area contributed by atoms with Crippen LogP contribution in [0.15, 0.2) is 70.4 Å². The van der Waals surface area contributed by atoms with Gasteiger partial charge in [-0.15, -0.1) is 0 Å². The number of imide groups is 1. The molecule has 1 atom stereocenters. The Bertz CT molecular complexity index is 1180. The molecule has 2 aromatic heterocycles. The first-order valence-corrected chi connectivity index (χ1v) is 9.91. The van der Waals surface area contributed by atoms with Crippen molar-refractivity contribution in [1.82, 2.24) is 20.6 Å². The summed E-state index contributed by atoms with van der Waals surface area (Å²) < 4.78 is 5.88. The van der Waals surface area contributed by atoms with E-state index in [0.717, 1.165) is 10.9 Å². The van der Waals surface area contributed by atoms with Crippen LogP contribution in [-0.2, 0) is 11.3 Å². The number of nitrogens with zero attached hydrogens (tertiary/aromatic N) is 2. The zero-order valence-electron chi connectivity index (χ0n) is 15.6. The van der Waals surface area contributed by atoms with Crippen molar-refractivity contribution in [3.63, 3.8) is 0 Å². The van der Waals surface area contributed by atoms with Crippen LogP contribution in [0.4, 0.5) is 4.79 Å². The number of furan rings is 1. The summed E-state index contributed by atoms with van der Waals surface area (Å²) in [7, 11) is 0. The lowest BCUT2D eigenvalue weighted by Crippen LogP contribution is -2.42. The highest BCUT2D eigenvalue weighted by Crippen LogP contribution is 2.33. The second-order valence-corrected chi connectivity index (χ2v) is 7.70. The Morgan fingerprint density at radius 3 is 2.66 bits per heavy atom. The van der Waals surface area contributed by atoms with Crippen molar-refractivity contribution in [1.29, 1.82) is 0 Å². The van der Waals surface area contributed by atoms with Gasteiger partial charge in [0.2, 0.25) is 5.91 Å². The van der Waals surface area contributed by atoms with Gasteiger partial charge in [0.25, 0.3) is 0 Å². The third kappa shape index (κ3) is 4.22. The summed E-state index contributed by atoms with van der Waals surface area (Å²) in [4.78, 5) is 33.0. The maximum absolute atomic E-state index is 12.4. The Morgan fingerprint density at radius 1 is 1.07 bits per heavy atom. The zero-order chi connectivity index (χ0) is 20.2. The molecular formula is C21H18N4O3S. The van der Waals surface area contributed by atoms with E-state index >= 15 is 0 Å². The van der Waals surface area contributed by atoms with Crippen molar-refractivity contribution in [2.45, 2.75) is 23.7 Å². The Labute approximate surface area is 170 Å². The fourth-order valence-corrected chi connectivity index (χ4v) is 3.70. The van der Waals surface area contributed by atoms with Crippen LogP contribution in [0.1, 0.15) is 12.5 Å². The molecule has 0 saturated carbocycles. The second kappa shape index (κ2) is 8.32. The highest BCUT2D eigenvalue weighted by Gasteiger charge is 2.21. The summed E-state index contributed by atoms with van der Waals surface area (Å²) >= 11 is 1.22. The maximum Gasteiger partial charge on any atom is 0.321 e. The van der Waals surface area contributed by atoms with Crippen molar-refractivity contribution in [2.75, 3.05) is 0 Å². The number of benzene rings is 2. The van der Waals surface area contributed by atoms with E-state index in [9.17, 15) is 9.59 Å². The Morgan fingerprint density at radius 2 is 1.83 bits per heavy atom. The van der Waals surface area contributed by atoms with Crippen LogP contribution in [0.2, 0.25) is 0 Å². The Hall–Kier alpha value is -3.39. The summed E-state index contributed by atoms with van der Waals surface area (Å²) in [6.07, 6.45) is 1.45. The van der Waals surface area contributed by atoms with Gasteiger partial charge in [-0.2, -0.15) is 0 Å². The van der Waals surface area contributed by atoms with Crippen LogP contribution in [-0.4, -0.2) is 27.2 Å². The summed E-state index contributed by atoms with van der Waals surface area (Å²) in [5.41, 5.74) is 2.89. The van der Waals surface area contributed by atoms with E-state index in [4.69, 9.17) is 4.42 Å². The minimum absolute atomic E-state index is 0.340. The van der Waals surface area contributed by atoms with Crippen LogP contribution in [0.5, 0.6) is 0 Å². The predicted molar refractivity (Wildman–Crippen MR) is 111 cm³/mol. The summed E-state index contributed by atoms with van der Waals surface area (Å²) in [6, 6.07) is 16.5. The Kier molecular flexibility index (Phi) is 5.44. The number of amides is 3. The molecule has 0 saturated heterocycles. The van der Waals surface area contributed by atoms with E-state index in [1.54, 1.807) is 6.92 Å². The van der Waals surface area contributed by atoms with Crippen LogP contribution in [0.3, 0.4) is 0 Å². The fourth-order valence-electron chi connectivity index (χ4n) is 2.84. The van der Waals surface area contributed by atoms with Gasteiger partial charge >= 0.3 is 6.03 Å². The molecule has 7 nitrogen and oxygen atoms in total. The molecule has 29 heavy (non-hydrogen) atoms. The zero-order valence-corrected chi connectivity index (χ0v) is 16.4. The molecule has 8 heteroatoms. The molecule has 0 unspecified atom stereocenters. The fraction of sp³-hybridized carbons (Fsp3) is 0.143. The van der Waals surface area contributed by atoms with Crippen LogP contribution in [0, 0.1) is 0 Å². The normalized spacial score (nSPS) is 12.0. The van der Waals surface area contributed by atoms with Gasteiger partial charge in [0, 0.05) is 11.9 Å². The summed E-state index contributed by atoms with van der Waals surface area (Å²) in [6.45, 7) is 2.05. The molecule has 0 bridgehead atoms. The van der Waals surface area contributed by atoms with E-state index in [-0.39, 0.29) is 0 Å². The highest BCUT2D eigenvalue weighted by atomic mass is 32.2. The van der Waals surface area contributed by atoms with Crippen molar-refractivity contribution in [2.24, 2.45) is 0 Å². The molecule has 2 aromatic carbocycles. The van der Waals surface area contributed by atoms with Crippen molar-refractivity contribution in [3.05, 3.63) is 66.5 Å². The number of fused-ring (bicyclic) bond motifs is 3. The number of aromatic nitrogens is 2.